The van der Waals surface area contributed by atoms with Gasteiger partial charge < -0.3 is 14.2 Å². The van der Waals surface area contributed by atoms with E-state index in [-0.39, 0.29) is 24.7 Å². The Bertz CT molecular complexity index is 1360. The van der Waals surface area contributed by atoms with Crippen LogP contribution in [0.3, 0.4) is 0 Å². The van der Waals surface area contributed by atoms with Gasteiger partial charge in [-0.15, -0.1) is 0 Å². The Morgan fingerprint density at radius 3 is 1.91 bits per heavy atom. The average molecular weight is 459 g/mol. The summed E-state index contributed by atoms with van der Waals surface area (Å²) >= 11 is 0. The molecule has 0 bridgehead atoms. The van der Waals surface area contributed by atoms with E-state index < -0.39 is 0 Å². The summed E-state index contributed by atoms with van der Waals surface area (Å²) in [4.78, 5) is 2.32. The van der Waals surface area contributed by atoms with Crippen molar-refractivity contribution >= 4 is 29.6 Å². The van der Waals surface area contributed by atoms with Crippen LogP contribution in [0.2, 0.25) is 0 Å². The van der Waals surface area contributed by atoms with Crippen molar-refractivity contribution in [3.8, 4) is 11.1 Å². The molecule has 2 atom stereocenters. The largest absolute Gasteiger partial charge is 0.494 e. The minimum Gasteiger partial charge on any atom is -0.402 e. The molecule has 4 heteroatoms. The summed E-state index contributed by atoms with van der Waals surface area (Å²) in [7, 11) is -0.307. The Balaban J connectivity index is 1.42. The quantitative estimate of drug-likeness (QED) is 0.307. The number of para-hydroxylation sites is 1. The molecular formula is C31H30BNO2. The van der Waals surface area contributed by atoms with Crippen molar-refractivity contribution in [2.75, 3.05) is 4.90 Å². The third kappa shape index (κ3) is 3.69. The van der Waals surface area contributed by atoms with Gasteiger partial charge in [0.05, 0.1) is 12.2 Å². The minimum atomic E-state index is -0.307. The molecule has 0 aromatic heterocycles. The molecule has 0 radical (unpaired) electrons. The number of nitrogens with zero attached hydrogens (tertiary/aromatic N) is 1. The normalized spacial score (nSPS) is 19.9. The highest BCUT2D eigenvalue weighted by atomic mass is 16.7. The molecule has 1 saturated heterocycles. The van der Waals surface area contributed by atoms with E-state index in [9.17, 15) is 0 Å². The van der Waals surface area contributed by atoms with Crippen molar-refractivity contribution in [2.45, 2.75) is 45.3 Å². The third-order valence-electron chi connectivity index (χ3n) is 7.60. The van der Waals surface area contributed by atoms with E-state index >= 15 is 0 Å². The lowest BCUT2D eigenvalue weighted by Crippen LogP contribution is -2.32. The summed E-state index contributed by atoms with van der Waals surface area (Å²) in [5.74, 6) is 0. The van der Waals surface area contributed by atoms with E-state index in [2.05, 4.69) is 130 Å². The molecule has 0 saturated carbocycles. The topological polar surface area (TPSA) is 21.7 Å². The van der Waals surface area contributed by atoms with Gasteiger partial charge in [0, 0.05) is 22.5 Å². The average Bonchev–Trinajstić information content (AvgIpc) is 3.34. The van der Waals surface area contributed by atoms with Crippen LogP contribution in [-0.2, 0) is 14.7 Å². The van der Waals surface area contributed by atoms with Gasteiger partial charge >= 0.3 is 7.12 Å². The van der Waals surface area contributed by atoms with Crippen LogP contribution < -0.4 is 10.4 Å². The van der Waals surface area contributed by atoms with Crippen LogP contribution in [0, 0.1) is 0 Å². The van der Waals surface area contributed by atoms with E-state index in [4.69, 9.17) is 9.31 Å². The number of hydrogen-bond donors (Lipinski definition) is 0. The van der Waals surface area contributed by atoms with E-state index in [1.54, 1.807) is 0 Å². The maximum absolute atomic E-state index is 6.00. The molecular weight excluding hydrogens is 429 g/mol. The number of fused-ring (bicyclic) bond motifs is 3. The van der Waals surface area contributed by atoms with E-state index in [0.717, 1.165) is 22.5 Å². The SMILES string of the molecule is CC1OB(c2ccc(N(c3ccccc3)c3ccc4c(c3)C(C)(C)c3ccccc3-4)cc2)OC1C. The molecule has 1 fully saturated rings. The Morgan fingerprint density at radius 1 is 0.629 bits per heavy atom. The Hall–Kier alpha value is -3.34. The summed E-state index contributed by atoms with van der Waals surface area (Å²) in [5, 5.41) is 0. The first-order chi connectivity index (χ1) is 16.9. The number of rotatable bonds is 4. The Kier molecular flexibility index (Phi) is 5.32. The van der Waals surface area contributed by atoms with Crippen LogP contribution in [0.25, 0.3) is 11.1 Å². The predicted octanol–water partition coefficient (Wildman–Crippen LogP) is 6.98. The van der Waals surface area contributed by atoms with E-state index in [1.807, 2.05) is 0 Å². The molecule has 3 nitrogen and oxygen atoms in total. The second-order valence-electron chi connectivity index (χ2n) is 10.2. The maximum atomic E-state index is 6.00. The summed E-state index contributed by atoms with van der Waals surface area (Å²) in [6.07, 6.45) is 0.193. The Labute approximate surface area is 208 Å². The maximum Gasteiger partial charge on any atom is 0.494 e. The van der Waals surface area contributed by atoms with Crippen LogP contribution >= 0.6 is 0 Å². The predicted molar refractivity (Wildman–Crippen MR) is 145 cm³/mol. The van der Waals surface area contributed by atoms with E-state index in [1.165, 1.54) is 22.3 Å². The lowest BCUT2D eigenvalue weighted by atomic mass is 9.79. The van der Waals surface area contributed by atoms with Crippen LogP contribution in [0.4, 0.5) is 17.1 Å². The van der Waals surface area contributed by atoms with Gasteiger partial charge in [-0.1, -0.05) is 74.5 Å². The molecule has 1 aliphatic carbocycles. The van der Waals surface area contributed by atoms with Crippen LogP contribution in [0.15, 0.2) is 97.1 Å². The lowest BCUT2D eigenvalue weighted by Gasteiger charge is -2.28. The molecule has 174 valence electrons. The molecule has 2 unspecified atom stereocenters. The van der Waals surface area contributed by atoms with Crippen molar-refractivity contribution in [3.05, 3.63) is 108 Å². The first kappa shape index (κ1) is 22.1. The van der Waals surface area contributed by atoms with Crippen LogP contribution in [0.5, 0.6) is 0 Å². The summed E-state index contributed by atoms with van der Waals surface area (Å²) < 4.78 is 12.0. The summed E-state index contributed by atoms with van der Waals surface area (Å²) in [5.41, 5.74) is 9.82. The highest BCUT2D eigenvalue weighted by Crippen LogP contribution is 2.50. The second-order valence-corrected chi connectivity index (χ2v) is 10.2. The van der Waals surface area contributed by atoms with Crippen LogP contribution in [0.1, 0.15) is 38.8 Å². The highest BCUT2D eigenvalue weighted by Gasteiger charge is 2.37. The van der Waals surface area contributed by atoms with Crippen molar-refractivity contribution in [2.24, 2.45) is 0 Å². The highest BCUT2D eigenvalue weighted by molar-refractivity contribution is 6.61. The first-order valence-electron chi connectivity index (χ1n) is 12.4. The lowest BCUT2D eigenvalue weighted by molar-refractivity contribution is 0.187. The molecule has 1 aliphatic heterocycles. The monoisotopic (exact) mass is 459 g/mol. The van der Waals surface area contributed by atoms with Gasteiger partial charge in [0.2, 0.25) is 0 Å². The van der Waals surface area contributed by atoms with Crippen molar-refractivity contribution < 1.29 is 9.31 Å². The first-order valence-corrected chi connectivity index (χ1v) is 12.4. The van der Waals surface area contributed by atoms with Crippen molar-refractivity contribution in [1.82, 2.24) is 0 Å². The standard InChI is InChI=1S/C31H30BNO2/c1-21-22(2)35-32(34-21)23-14-16-25(17-15-23)33(24-10-6-5-7-11-24)26-18-19-28-27-12-8-9-13-29(27)31(3,4)30(28)20-26/h5-22H,1-4H3. The fourth-order valence-corrected chi connectivity index (χ4v) is 5.44. The van der Waals surface area contributed by atoms with Crippen LogP contribution in [-0.4, -0.2) is 19.3 Å². The second kappa shape index (κ2) is 8.40. The van der Waals surface area contributed by atoms with E-state index in [0.29, 0.717) is 0 Å². The van der Waals surface area contributed by atoms with Gasteiger partial charge in [-0.3, -0.25) is 0 Å². The molecule has 2 aliphatic rings. The molecule has 4 aromatic rings. The van der Waals surface area contributed by atoms with Gasteiger partial charge in [-0.25, -0.2) is 0 Å². The van der Waals surface area contributed by atoms with Gasteiger partial charge in [0.25, 0.3) is 0 Å². The Morgan fingerprint density at radius 2 is 1.20 bits per heavy atom. The molecule has 0 N–H and O–H groups in total. The molecule has 35 heavy (non-hydrogen) atoms. The number of benzene rings is 4. The number of anilines is 3. The fraction of sp³-hybridized carbons (Fsp3) is 0.226. The molecule has 0 amide bonds. The van der Waals surface area contributed by atoms with Crippen molar-refractivity contribution in [3.63, 3.8) is 0 Å². The van der Waals surface area contributed by atoms with Gasteiger partial charge in [-0.05, 0) is 78.0 Å². The zero-order chi connectivity index (χ0) is 24.2. The van der Waals surface area contributed by atoms with Gasteiger partial charge in [0.1, 0.15) is 0 Å². The summed E-state index contributed by atoms with van der Waals surface area (Å²) in [6, 6.07) is 34.8. The zero-order valence-corrected chi connectivity index (χ0v) is 20.7. The zero-order valence-electron chi connectivity index (χ0n) is 20.7. The van der Waals surface area contributed by atoms with Gasteiger partial charge in [-0.2, -0.15) is 0 Å². The minimum absolute atomic E-state index is 0.0430. The summed E-state index contributed by atoms with van der Waals surface area (Å²) in [6.45, 7) is 8.77. The molecule has 0 spiro atoms. The number of hydrogen-bond acceptors (Lipinski definition) is 3. The fourth-order valence-electron chi connectivity index (χ4n) is 5.44. The smallest absolute Gasteiger partial charge is 0.402 e. The molecule has 6 rings (SSSR count). The third-order valence-corrected chi connectivity index (χ3v) is 7.60. The van der Waals surface area contributed by atoms with Crippen molar-refractivity contribution in [1.29, 1.82) is 0 Å². The molecule has 1 heterocycles. The van der Waals surface area contributed by atoms with Gasteiger partial charge in [0.15, 0.2) is 0 Å². The molecule has 4 aromatic carbocycles.